The highest BCUT2D eigenvalue weighted by atomic mass is 79.9. The second-order valence-electron chi connectivity index (χ2n) is 7.97. The minimum atomic E-state index is -0.176. The van der Waals surface area contributed by atoms with Crippen LogP contribution >= 0.6 is 15.9 Å². The molecule has 1 fully saturated rings. The minimum absolute atomic E-state index is 0.0528. The number of methoxy groups -OCH3 is 1. The number of aromatic nitrogens is 3. The van der Waals surface area contributed by atoms with Gasteiger partial charge in [-0.1, -0.05) is 15.9 Å². The summed E-state index contributed by atoms with van der Waals surface area (Å²) in [5.74, 6) is 1.65. The van der Waals surface area contributed by atoms with Gasteiger partial charge in [-0.25, -0.2) is 15.0 Å². The molecule has 0 spiro atoms. The summed E-state index contributed by atoms with van der Waals surface area (Å²) in [4.78, 5) is 27.3. The van der Waals surface area contributed by atoms with Gasteiger partial charge in [-0.05, 0) is 48.5 Å². The number of ether oxygens (including phenoxy) is 2. The van der Waals surface area contributed by atoms with Crippen LogP contribution in [0.4, 0.5) is 11.5 Å². The molecule has 4 heterocycles. The Morgan fingerprint density at radius 1 is 1.09 bits per heavy atom. The van der Waals surface area contributed by atoms with Crippen molar-refractivity contribution in [3.63, 3.8) is 0 Å². The van der Waals surface area contributed by atoms with Crippen LogP contribution in [-0.2, 0) is 4.79 Å². The van der Waals surface area contributed by atoms with E-state index in [1.165, 1.54) is 6.92 Å². The Morgan fingerprint density at radius 2 is 1.94 bits per heavy atom. The van der Waals surface area contributed by atoms with Crippen molar-refractivity contribution in [1.29, 1.82) is 0 Å². The van der Waals surface area contributed by atoms with Crippen LogP contribution in [0, 0.1) is 0 Å². The Morgan fingerprint density at radius 3 is 2.74 bits per heavy atom. The van der Waals surface area contributed by atoms with Gasteiger partial charge in [-0.3, -0.25) is 4.79 Å². The van der Waals surface area contributed by atoms with E-state index >= 15 is 0 Å². The van der Waals surface area contributed by atoms with Crippen molar-refractivity contribution < 1.29 is 14.3 Å². The molecule has 172 valence electrons. The van der Waals surface area contributed by atoms with E-state index in [9.17, 15) is 4.79 Å². The quantitative estimate of drug-likeness (QED) is 0.395. The van der Waals surface area contributed by atoms with Crippen molar-refractivity contribution in [2.45, 2.75) is 13.0 Å². The van der Waals surface area contributed by atoms with Gasteiger partial charge in [0.25, 0.3) is 0 Å². The number of carbonyl (C=O) groups is 1. The molecule has 0 bridgehead atoms. The number of amides is 1. The lowest BCUT2D eigenvalue weighted by atomic mass is 10.1. The van der Waals surface area contributed by atoms with Gasteiger partial charge in [0.15, 0.2) is 0 Å². The number of rotatable bonds is 6. The largest absolute Gasteiger partial charge is 0.481 e. The molecule has 1 amide bonds. The second-order valence-corrected chi connectivity index (χ2v) is 8.89. The van der Waals surface area contributed by atoms with Crippen molar-refractivity contribution in [2.24, 2.45) is 0 Å². The van der Waals surface area contributed by atoms with E-state index in [0.717, 1.165) is 26.8 Å². The van der Waals surface area contributed by atoms with Gasteiger partial charge in [0, 0.05) is 28.5 Å². The molecule has 8 nitrogen and oxygen atoms in total. The molecule has 1 aliphatic rings. The topological polar surface area (TPSA) is 89.5 Å². The van der Waals surface area contributed by atoms with E-state index in [-0.39, 0.29) is 12.0 Å². The summed E-state index contributed by atoms with van der Waals surface area (Å²) in [5, 5.41) is 3.86. The SMILES string of the molecule is COc1ncccc1-c1cc(NC(C)=O)cnc1OC1CN(c2ccc3cc(Br)ccc3n2)C1. The first kappa shape index (κ1) is 22.1. The van der Waals surface area contributed by atoms with Gasteiger partial charge in [0.1, 0.15) is 11.9 Å². The van der Waals surface area contributed by atoms with Crippen LogP contribution in [0.2, 0.25) is 0 Å². The van der Waals surface area contributed by atoms with Crippen molar-refractivity contribution >= 4 is 44.2 Å². The standard InChI is InChI=1S/C25H22BrN5O3/c1-15(32)29-18-11-21(20-4-3-9-27-24(20)33-2)25(28-12-18)34-19-13-31(14-19)23-8-5-16-10-17(26)6-7-22(16)30-23/h3-12,19H,13-14H2,1-2H3,(H,29,32). The molecule has 5 rings (SSSR count). The van der Waals surface area contributed by atoms with E-state index in [0.29, 0.717) is 36.1 Å². The molecular weight excluding hydrogens is 498 g/mol. The molecule has 0 unspecified atom stereocenters. The number of benzene rings is 1. The van der Waals surface area contributed by atoms with E-state index in [1.54, 1.807) is 19.5 Å². The third-order valence-electron chi connectivity index (χ3n) is 5.51. The normalized spacial score (nSPS) is 13.4. The Hall–Kier alpha value is -3.72. The second kappa shape index (κ2) is 9.26. The summed E-state index contributed by atoms with van der Waals surface area (Å²) in [6.07, 6.45) is 3.19. The van der Waals surface area contributed by atoms with Gasteiger partial charge in [-0.15, -0.1) is 0 Å². The van der Waals surface area contributed by atoms with Crippen LogP contribution < -0.4 is 19.7 Å². The highest BCUT2D eigenvalue weighted by molar-refractivity contribution is 9.10. The zero-order valence-electron chi connectivity index (χ0n) is 18.7. The van der Waals surface area contributed by atoms with Crippen LogP contribution in [0.15, 0.2) is 65.4 Å². The summed E-state index contributed by atoms with van der Waals surface area (Å²) in [5.41, 5.74) is 2.96. The average molecular weight is 520 g/mol. The molecule has 34 heavy (non-hydrogen) atoms. The summed E-state index contributed by atoms with van der Waals surface area (Å²) in [6.45, 7) is 2.83. The first-order valence-electron chi connectivity index (χ1n) is 10.7. The number of pyridine rings is 3. The monoisotopic (exact) mass is 519 g/mol. The molecule has 0 aliphatic carbocycles. The predicted molar refractivity (Wildman–Crippen MR) is 134 cm³/mol. The van der Waals surface area contributed by atoms with Gasteiger partial charge in [0.2, 0.25) is 17.7 Å². The number of nitrogens with one attached hydrogen (secondary N) is 1. The molecule has 1 aliphatic heterocycles. The zero-order chi connectivity index (χ0) is 23.7. The molecule has 9 heteroatoms. The maximum atomic E-state index is 11.6. The average Bonchev–Trinajstić information content (AvgIpc) is 2.81. The molecule has 4 aromatic rings. The molecule has 0 radical (unpaired) electrons. The highest BCUT2D eigenvalue weighted by Crippen LogP contribution is 2.37. The van der Waals surface area contributed by atoms with Crippen molar-refractivity contribution in [1.82, 2.24) is 15.0 Å². The van der Waals surface area contributed by atoms with Crippen molar-refractivity contribution in [3.8, 4) is 22.9 Å². The molecule has 1 N–H and O–H groups in total. The lowest BCUT2D eigenvalue weighted by molar-refractivity contribution is -0.114. The van der Waals surface area contributed by atoms with Gasteiger partial charge in [0.05, 0.1) is 43.2 Å². The van der Waals surface area contributed by atoms with Gasteiger partial charge < -0.3 is 19.7 Å². The molecule has 1 saturated heterocycles. The van der Waals surface area contributed by atoms with Crippen molar-refractivity contribution in [2.75, 3.05) is 30.4 Å². The molecule has 0 saturated carbocycles. The van der Waals surface area contributed by atoms with Gasteiger partial charge in [-0.2, -0.15) is 0 Å². The van der Waals surface area contributed by atoms with E-state index < -0.39 is 0 Å². The lowest BCUT2D eigenvalue weighted by Crippen LogP contribution is -2.54. The Labute approximate surface area is 205 Å². The van der Waals surface area contributed by atoms with E-state index in [4.69, 9.17) is 14.5 Å². The molecule has 3 aromatic heterocycles. The lowest BCUT2D eigenvalue weighted by Gasteiger charge is -2.39. The fourth-order valence-corrected chi connectivity index (χ4v) is 4.27. The Bertz CT molecular complexity index is 1370. The number of hydrogen-bond donors (Lipinski definition) is 1. The number of halogens is 1. The maximum absolute atomic E-state index is 11.6. The van der Waals surface area contributed by atoms with Crippen LogP contribution in [0.3, 0.4) is 0 Å². The first-order chi connectivity index (χ1) is 16.5. The Kier molecular flexibility index (Phi) is 6.02. The van der Waals surface area contributed by atoms with Crippen LogP contribution in [0.25, 0.3) is 22.0 Å². The summed E-state index contributed by atoms with van der Waals surface area (Å²) in [6, 6.07) is 15.7. The molecular formula is C25H22BrN5O3. The summed E-state index contributed by atoms with van der Waals surface area (Å²) >= 11 is 3.50. The third-order valence-corrected chi connectivity index (χ3v) is 6.01. The number of anilines is 2. The summed E-state index contributed by atoms with van der Waals surface area (Å²) < 4.78 is 12.7. The Balaban J connectivity index is 1.36. The van der Waals surface area contributed by atoms with Crippen LogP contribution in [-0.4, -0.2) is 47.2 Å². The zero-order valence-corrected chi connectivity index (χ0v) is 20.2. The van der Waals surface area contributed by atoms with Crippen molar-refractivity contribution in [3.05, 3.63) is 65.4 Å². The van der Waals surface area contributed by atoms with Crippen LogP contribution in [0.5, 0.6) is 11.8 Å². The predicted octanol–water partition coefficient (Wildman–Crippen LogP) is 4.69. The third kappa shape index (κ3) is 4.51. The fraction of sp³-hybridized carbons (Fsp3) is 0.200. The maximum Gasteiger partial charge on any atom is 0.222 e. The number of carbonyl (C=O) groups excluding carboxylic acids is 1. The molecule has 1 aromatic carbocycles. The summed E-state index contributed by atoms with van der Waals surface area (Å²) in [7, 11) is 1.57. The molecule has 0 atom stereocenters. The highest BCUT2D eigenvalue weighted by Gasteiger charge is 2.31. The number of fused-ring (bicyclic) bond motifs is 1. The van der Waals surface area contributed by atoms with E-state index in [2.05, 4.69) is 48.2 Å². The first-order valence-corrected chi connectivity index (χ1v) is 11.5. The van der Waals surface area contributed by atoms with E-state index in [1.807, 2.05) is 36.4 Å². The fourth-order valence-electron chi connectivity index (χ4n) is 3.89. The van der Waals surface area contributed by atoms with Crippen LogP contribution in [0.1, 0.15) is 6.92 Å². The smallest absolute Gasteiger partial charge is 0.222 e. The van der Waals surface area contributed by atoms with Gasteiger partial charge >= 0.3 is 0 Å². The minimum Gasteiger partial charge on any atom is -0.481 e. The number of nitrogens with zero attached hydrogens (tertiary/aromatic N) is 4. The number of hydrogen-bond acceptors (Lipinski definition) is 7.